The summed E-state index contributed by atoms with van der Waals surface area (Å²) in [6.45, 7) is 0. The molecule has 7 heteroatoms. The largest absolute Gasteiger partial charge is 0.448 e. The molecule has 0 aliphatic rings. The van der Waals surface area contributed by atoms with Crippen LogP contribution in [0, 0.1) is 17.5 Å². The van der Waals surface area contributed by atoms with Crippen LogP contribution in [0.4, 0.5) is 13.2 Å². The number of hydrogen-bond donors (Lipinski definition) is 1. The summed E-state index contributed by atoms with van der Waals surface area (Å²) in [7, 11) is 0. The molecule has 0 unspecified atom stereocenters. The van der Waals surface area contributed by atoms with Gasteiger partial charge in [-0.1, -0.05) is 28.1 Å². The number of rotatable bonds is 3. The second-order valence-corrected chi connectivity index (χ2v) is 5.17. The zero-order valence-corrected chi connectivity index (χ0v) is 12.2. The van der Waals surface area contributed by atoms with Gasteiger partial charge in [-0.05, 0) is 30.3 Å². The molecule has 0 bridgehead atoms. The topological polar surface area (TPSA) is 35.2 Å². The van der Waals surface area contributed by atoms with Crippen LogP contribution < -0.4 is 10.5 Å². The van der Waals surface area contributed by atoms with Crippen molar-refractivity contribution in [1.82, 2.24) is 0 Å². The first kappa shape index (κ1) is 14.8. The van der Waals surface area contributed by atoms with Crippen LogP contribution in [0.3, 0.4) is 0 Å². The molecule has 0 heterocycles. The van der Waals surface area contributed by atoms with Gasteiger partial charge < -0.3 is 10.5 Å². The summed E-state index contributed by atoms with van der Waals surface area (Å²) in [6, 6.07) is 5.66. The number of thiocarbonyl (C=S) groups is 1. The van der Waals surface area contributed by atoms with Gasteiger partial charge in [-0.3, -0.25) is 0 Å². The Bertz CT molecular complexity index is 670. The molecule has 0 saturated carbocycles. The molecule has 0 spiro atoms. The van der Waals surface area contributed by atoms with E-state index in [-0.39, 0.29) is 16.3 Å². The third-order valence-corrected chi connectivity index (χ3v) is 3.12. The average Bonchev–Trinajstić information content (AvgIpc) is 2.37. The number of ether oxygens (including phenoxy) is 1. The minimum atomic E-state index is -1.02. The highest BCUT2D eigenvalue weighted by molar-refractivity contribution is 9.10. The van der Waals surface area contributed by atoms with E-state index in [0.29, 0.717) is 4.47 Å². The van der Waals surface area contributed by atoms with Gasteiger partial charge in [0, 0.05) is 10.0 Å². The predicted octanol–water partition coefficient (Wildman–Crippen LogP) is 4.29. The lowest BCUT2D eigenvalue weighted by molar-refractivity contribution is 0.387. The van der Waals surface area contributed by atoms with Gasteiger partial charge in [0.15, 0.2) is 29.0 Å². The Morgan fingerprint density at radius 1 is 1.05 bits per heavy atom. The average molecular weight is 362 g/mol. The number of hydrogen-bond acceptors (Lipinski definition) is 2. The van der Waals surface area contributed by atoms with Gasteiger partial charge >= 0.3 is 0 Å². The molecule has 2 aromatic rings. The monoisotopic (exact) mass is 361 g/mol. The highest BCUT2D eigenvalue weighted by Gasteiger charge is 2.16. The second-order valence-electron chi connectivity index (χ2n) is 3.81. The maximum Gasteiger partial charge on any atom is 0.198 e. The van der Waals surface area contributed by atoms with Crippen molar-refractivity contribution in [2.45, 2.75) is 0 Å². The maximum atomic E-state index is 13.8. The van der Waals surface area contributed by atoms with Crippen LogP contribution >= 0.6 is 28.1 Å². The molecule has 2 rings (SSSR count). The van der Waals surface area contributed by atoms with Gasteiger partial charge in [0.2, 0.25) is 0 Å². The van der Waals surface area contributed by atoms with E-state index in [1.807, 2.05) is 0 Å². The molecule has 0 aliphatic carbocycles. The molecular weight excluding hydrogens is 355 g/mol. The molecule has 0 saturated heterocycles. The van der Waals surface area contributed by atoms with Gasteiger partial charge in [0.1, 0.15) is 4.99 Å². The Morgan fingerprint density at radius 3 is 2.20 bits per heavy atom. The molecule has 0 fully saturated rings. The lowest BCUT2D eigenvalue weighted by Crippen LogP contribution is -2.10. The molecule has 20 heavy (non-hydrogen) atoms. The molecule has 0 radical (unpaired) electrons. The maximum absolute atomic E-state index is 13.8. The quantitative estimate of drug-likeness (QED) is 0.828. The van der Waals surface area contributed by atoms with Crippen molar-refractivity contribution >= 4 is 33.1 Å². The van der Waals surface area contributed by atoms with Crippen LogP contribution in [0.25, 0.3) is 0 Å². The van der Waals surface area contributed by atoms with Crippen LogP contribution in [-0.4, -0.2) is 4.99 Å². The molecule has 2 nitrogen and oxygen atoms in total. The van der Waals surface area contributed by atoms with Crippen molar-refractivity contribution in [3.05, 3.63) is 57.8 Å². The molecule has 0 atom stereocenters. The predicted molar refractivity (Wildman–Crippen MR) is 76.4 cm³/mol. The van der Waals surface area contributed by atoms with E-state index in [1.54, 1.807) is 0 Å². The summed E-state index contributed by atoms with van der Waals surface area (Å²) in [5.74, 6) is -3.81. The SMILES string of the molecule is NC(=S)c1cc(F)c(Oc2cc(Br)ccc2F)c(F)c1. The number of nitrogens with two attached hydrogens (primary N) is 1. The summed E-state index contributed by atoms with van der Waals surface area (Å²) >= 11 is 7.74. The van der Waals surface area contributed by atoms with Gasteiger partial charge in [0.25, 0.3) is 0 Å². The van der Waals surface area contributed by atoms with E-state index in [9.17, 15) is 13.2 Å². The molecule has 2 aromatic carbocycles. The second kappa shape index (κ2) is 5.80. The van der Waals surface area contributed by atoms with Crippen LogP contribution in [0.5, 0.6) is 11.5 Å². The zero-order valence-electron chi connectivity index (χ0n) is 9.79. The fourth-order valence-electron chi connectivity index (χ4n) is 1.47. The Hall–Kier alpha value is -1.60. The van der Waals surface area contributed by atoms with E-state index in [0.717, 1.165) is 18.2 Å². The van der Waals surface area contributed by atoms with Crippen LogP contribution in [0.2, 0.25) is 0 Å². The minimum absolute atomic E-state index is 0.0251. The standard InChI is InChI=1S/C13H7BrF3NOS/c14-7-1-2-8(15)11(5-7)19-12-9(16)3-6(13(18)20)4-10(12)17/h1-5H,(H2,18,20). The van der Waals surface area contributed by atoms with Crippen molar-refractivity contribution in [2.24, 2.45) is 5.73 Å². The summed E-state index contributed by atoms with van der Waals surface area (Å²) < 4.78 is 46.5. The van der Waals surface area contributed by atoms with Crippen molar-refractivity contribution in [3.8, 4) is 11.5 Å². The Kier molecular flexibility index (Phi) is 4.29. The first-order chi connectivity index (χ1) is 9.38. The highest BCUT2D eigenvalue weighted by atomic mass is 79.9. The lowest BCUT2D eigenvalue weighted by atomic mass is 10.2. The summed E-state index contributed by atoms with van der Waals surface area (Å²) in [5.41, 5.74) is 5.31. The van der Waals surface area contributed by atoms with Crippen molar-refractivity contribution in [2.75, 3.05) is 0 Å². The Labute approximate surface area is 126 Å². The zero-order chi connectivity index (χ0) is 14.9. The fourth-order valence-corrected chi connectivity index (χ4v) is 1.92. The first-order valence-electron chi connectivity index (χ1n) is 5.30. The van der Waals surface area contributed by atoms with Crippen LogP contribution in [0.1, 0.15) is 5.56 Å². The fraction of sp³-hybridized carbons (Fsp3) is 0. The summed E-state index contributed by atoms with van der Waals surface area (Å²) in [6.07, 6.45) is 0. The number of benzene rings is 2. The highest BCUT2D eigenvalue weighted by Crippen LogP contribution is 2.31. The van der Waals surface area contributed by atoms with E-state index in [2.05, 4.69) is 28.1 Å². The third kappa shape index (κ3) is 3.10. The Balaban J connectivity index is 2.44. The lowest BCUT2D eigenvalue weighted by Gasteiger charge is -2.10. The van der Waals surface area contributed by atoms with Crippen molar-refractivity contribution in [3.63, 3.8) is 0 Å². The third-order valence-electron chi connectivity index (χ3n) is 2.39. The van der Waals surface area contributed by atoms with Gasteiger partial charge in [0.05, 0.1) is 0 Å². The summed E-state index contributed by atoms with van der Waals surface area (Å²) in [4.78, 5) is -0.150. The molecule has 0 aromatic heterocycles. The van der Waals surface area contributed by atoms with Crippen LogP contribution in [0.15, 0.2) is 34.8 Å². The van der Waals surface area contributed by atoms with E-state index in [4.69, 9.17) is 10.5 Å². The van der Waals surface area contributed by atoms with Gasteiger partial charge in [-0.15, -0.1) is 0 Å². The van der Waals surface area contributed by atoms with Crippen molar-refractivity contribution < 1.29 is 17.9 Å². The van der Waals surface area contributed by atoms with E-state index >= 15 is 0 Å². The molecule has 0 aliphatic heterocycles. The van der Waals surface area contributed by atoms with E-state index in [1.165, 1.54) is 12.1 Å². The van der Waals surface area contributed by atoms with E-state index < -0.39 is 23.2 Å². The van der Waals surface area contributed by atoms with Gasteiger partial charge in [-0.25, -0.2) is 13.2 Å². The van der Waals surface area contributed by atoms with Crippen LogP contribution in [-0.2, 0) is 0 Å². The van der Waals surface area contributed by atoms with Crippen molar-refractivity contribution in [1.29, 1.82) is 0 Å². The summed E-state index contributed by atoms with van der Waals surface area (Å²) in [5, 5.41) is 0. The Morgan fingerprint density at radius 2 is 1.65 bits per heavy atom. The molecule has 2 N–H and O–H groups in total. The normalized spacial score (nSPS) is 10.4. The molecule has 0 amide bonds. The number of halogens is 4. The molecule has 104 valence electrons. The van der Waals surface area contributed by atoms with Gasteiger partial charge in [-0.2, -0.15) is 0 Å². The smallest absolute Gasteiger partial charge is 0.198 e. The minimum Gasteiger partial charge on any atom is -0.448 e. The first-order valence-corrected chi connectivity index (χ1v) is 6.50. The molecular formula is C13H7BrF3NOS.